The Hall–Kier alpha value is -2.65. The van der Waals surface area contributed by atoms with E-state index in [0.717, 1.165) is 30.8 Å². The van der Waals surface area contributed by atoms with Gasteiger partial charge in [0.1, 0.15) is 6.04 Å². The summed E-state index contributed by atoms with van der Waals surface area (Å²) in [6, 6.07) is 3.94. The van der Waals surface area contributed by atoms with Crippen molar-refractivity contribution in [3.8, 4) is 0 Å². The second-order valence-corrected chi connectivity index (χ2v) is 9.87. The molecule has 1 unspecified atom stereocenters. The van der Waals surface area contributed by atoms with Crippen LogP contribution in [0, 0.1) is 0 Å². The Morgan fingerprint density at radius 3 is 2.05 bits per heavy atom. The molecule has 1 atom stereocenters. The Balaban J connectivity index is 0.00000484. The number of anilines is 1. The fourth-order valence-corrected chi connectivity index (χ4v) is 4.92. The fourth-order valence-electron chi connectivity index (χ4n) is 4.92. The molecule has 2 fully saturated rings. The van der Waals surface area contributed by atoms with E-state index in [1.165, 1.54) is 0 Å². The van der Waals surface area contributed by atoms with Gasteiger partial charge in [-0.3, -0.25) is 29.4 Å². The predicted molar refractivity (Wildman–Crippen MR) is 154 cm³/mol. The maximum absolute atomic E-state index is 13.1. The molecule has 3 aliphatic heterocycles. The smallest absolute Gasteiger partial charge is 0.264 e. The van der Waals surface area contributed by atoms with E-state index in [-0.39, 0.29) is 36.4 Å². The summed E-state index contributed by atoms with van der Waals surface area (Å²) in [5.41, 5.74) is 0.946. The fraction of sp³-hybridized carbons (Fsp3) is 0.643. The van der Waals surface area contributed by atoms with E-state index in [0.29, 0.717) is 77.8 Å². The molecular formula is C28H41ClN4O9. The van der Waals surface area contributed by atoms with Crippen LogP contribution in [0.15, 0.2) is 18.2 Å². The lowest BCUT2D eigenvalue weighted by molar-refractivity contribution is -0.136. The van der Waals surface area contributed by atoms with E-state index in [1.807, 2.05) is 0 Å². The highest BCUT2D eigenvalue weighted by Crippen LogP contribution is 2.32. The number of imide groups is 2. The third-order valence-electron chi connectivity index (χ3n) is 7.01. The quantitative estimate of drug-likeness (QED) is 0.159. The van der Waals surface area contributed by atoms with Crippen LogP contribution in [0.4, 0.5) is 5.69 Å². The molecule has 1 aromatic carbocycles. The molecule has 0 spiro atoms. The Morgan fingerprint density at radius 2 is 1.40 bits per heavy atom. The SMILES string of the molecule is Cl.O=C1CCC(N2C(=O)c3cccc(NCCOCCOCCOCCOCCOC4CCNCC4)c3C2=O)C(=O)N1. The molecule has 0 saturated carbocycles. The molecule has 42 heavy (non-hydrogen) atoms. The lowest BCUT2D eigenvalue weighted by Gasteiger charge is -2.27. The van der Waals surface area contributed by atoms with Crippen LogP contribution in [-0.2, 0) is 33.3 Å². The third kappa shape index (κ3) is 9.69. The van der Waals surface area contributed by atoms with Gasteiger partial charge < -0.3 is 34.3 Å². The molecule has 13 nitrogen and oxygen atoms in total. The van der Waals surface area contributed by atoms with Gasteiger partial charge in [-0.15, -0.1) is 12.4 Å². The summed E-state index contributed by atoms with van der Waals surface area (Å²) in [4.78, 5) is 50.7. The Bertz CT molecular complexity index is 1050. The van der Waals surface area contributed by atoms with Crippen LogP contribution in [0.2, 0.25) is 0 Å². The predicted octanol–water partition coefficient (Wildman–Crippen LogP) is 0.757. The van der Waals surface area contributed by atoms with Crippen LogP contribution >= 0.6 is 12.4 Å². The largest absolute Gasteiger partial charge is 0.382 e. The van der Waals surface area contributed by atoms with Crippen molar-refractivity contribution in [2.75, 3.05) is 84.4 Å². The van der Waals surface area contributed by atoms with E-state index in [2.05, 4.69) is 16.0 Å². The summed E-state index contributed by atoms with van der Waals surface area (Å²) >= 11 is 0. The van der Waals surface area contributed by atoms with Gasteiger partial charge in [-0.25, -0.2) is 0 Å². The first kappa shape index (κ1) is 33.8. The number of carbonyl (C=O) groups is 4. The number of nitrogens with zero attached hydrogens (tertiary/aromatic N) is 1. The first-order chi connectivity index (χ1) is 20.1. The number of benzene rings is 1. The minimum atomic E-state index is -0.996. The van der Waals surface area contributed by atoms with Crippen molar-refractivity contribution in [2.24, 2.45) is 0 Å². The number of fused-ring (bicyclic) bond motifs is 1. The van der Waals surface area contributed by atoms with Gasteiger partial charge >= 0.3 is 0 Å². The summed E-state index contributed by atoms with van der Waals surface area (Å²) in [5.74, 6) is -2.13. The lowest BCUT2D eigenvalue weighted by Crippen LogP contribution is -2.54. The summed E-state index contributed by atoms with van der Waals surface area (Å²) in [6.07, 6.45) is 2.65. The number of hydrogen-bond acceptors (Lipinski definition) is 11. The Labute approximate surface area is 251 Å². The molecule has 0 aliphatic carbocycles. The normalized spacial score (nSPS) is 19.0. The van der Waals surface area contributed by atoms with Gasteiger partial charge in [-0.1, -0.05) is 6.07 Å². The van der Waals surface area contributed by atoms with Gasteiger partial charge in [0, 0.05) is 18.7 Å². The highest BCUT2D eigenvalue weighted by molar-refractivity contribution is 6.25. The molecule has 3 N–H and O–H groups in total. The van der Waals surface area contributed by atoms with Crippen molar-refractivity contribution in [1.82, 2.24) is 15.5 Å². The number of ether oxygens (including phenoxy) is 5. The molecule has 4 amide bonds. The van der Waals surface area contributed by atoms with E-state index in [1.54, 1.807) is 18.2 Å². The summed E-state index contributed by atoms with van der Waals surface area (Å²) in [5, 5.41) is 8.65. The van der Waals surface area contributed by atoms with Crippen LogP contribution in [0.5, 0.6) is 0 Å². The van der Waals surface area contributed by atoms with Crippen molar-refractivity contribution in [3.05, 3.63) is 29.3 Å². The minimum absolute atomic E-state index is 0. The second-order valence-electron chi connectivity index (χ2n) is 9.87. The lowest BCUT2D eigenvalue weighted by atomic mass is 10.0. The summed E-state index contributed by atoms with van der Waals surface area (Å²) in [7, 11) is 0. The molecule has 0 bridgehead atoms. The third-order valence-corrected chi connectivity index (χ3v) is 7.01. The number of halogens is 1. The number of carbonyl (C=O) groups excluding carboxylic acids is 4. The van der Waals surface area contributed by atoms with Crippen molar-refractivity contribution >= 4 is 41.7 Å². The molecule has 14 heteroatoms. The zero-order chi connectivity index (χ0) is 28.9. The first-order valence-electron chi connectivity index (χ1n) is 14.3. The number of rotatable bonds is 18. The van der Waals surface area contributed by atoms with Crippen LogP contribution in [0.1, 0.15) is 46.4 Å². The van der Waals surface area contributed by atoms with Gasteiger partial charge in [-0.2, -0.15) is 0 Å². The topological polar surface area (TPSA) is 154 Å². The standard InChI is InChI=1S/C28H40N4O9.ClH/c33-24-5-4-23(26(34)31-24)32-27(35)21-2-1-3-22(25(21)28(32)36)30-10-11-37-12-13-38-14-15-39-16-17-40-18-19-41-20-6-8-29-9-7-20;/h1-3,20,23,29-30H,4-19H2,(H,31,33,34);1H. The molecular weight excluding hydrogens is 572 g/mol. The van der Waals surface area contributed by atoms with Crippen molar-refractivity contribution in [3.63, 3.8) is 0 Å². The molecule has 1 aromatic rings. The molecule has 0 aromatic heterocycles. The summed E-state index contributed by atoms with van der Waals surface area (Å²) in [6.45, 7) is 6.74. The molecule has 234 valence electrons. The number of hydrogen-bond donors (Lipinski definition) is 3. The van der Waals surface area contributed by atoms with Crippen LogP contribution in [-0.4, -0.2) is 120 Å². The van der Waals surface area contributed by atoms with E-state index < -0.39 is 29.7 Å². The molecule has 3 aliphatic rings. The van der Waals surface area contributed by atoms with Crippen LogP contribution in [0.3, 0.4) is 0 Å². The first-order valence-corrected chi connectivity index (χ1v) is 14.3. The maximum atomic E-state index is 13.1. The van der Waals surface area contributed by atoms with Crippen LogP contribution < -0.4 is 16.0 Å². The maximum Gasteiger partial charge on any atom is 0.264 e. The highest BCUT2D eigenvalue weighted by atomic mass is 35.5. The van der Waals surface area contributed by atoms with Crippen LogP contribution in [0.25, 0.3) is 0 Å². The number of amides is 4. The van der Waals surface area contributed by atoms with E-state index in [4.69, 9.17) is 23.7 Å². The van der Waals surface area contributed by atoms with Gasteiger partial charge in [0.15, 0.2) is 0 Å². The van der Waals surface area contributed by atoms with Crippen molar-refractivity contribution in [2.45, 2.75) is 37.8 Å². The van der Waals surface area contributed by atoms with Gasteiger partial charge in [-0.05, 0) is 44.5 Å². The van der Waals surface area contributed by atoms with Gasteiger partial charge in [0.2, 0.25) is 11.8 Å². The van der Waals surface area contributed by atoms with E-state index >= 15 is 0 Å². The monoisotopic (exact) mass is 612 g/mol. The zero-order valence-electron chi connectivity index (χ0n) is 23.7. The minimum Gasteiger partial charge on any atom is -0.382 e. The Kier molecular flexibility index (Phi) is 14.6. The second kappa shape index (κ2) is 18.1. The molecule has 3 heterocycles. The average molecular weight is 613 g/mol. The average Bonchev–Trinajstić information content (AvgIpc) is 3.23. The van der Waals surface area contributed by atoms with Gasteiger partial charge in [0.25, 0.3) is 11.8 Å². The van der Waals surface area contributed by atoms with Crippen molar-refractivity contribution in [1.29, 1.82) is 0 Å². The number of piperidine rings is 2. The molecule has 4 rings (SSSR count). The summed E-state index contributed by atoms with van der Waals surface area (Å²) < 4.78 is 27.9. The van der Waals surface area contributed by atoms with Gasteiger partial charge in [0.05, 0.1) is 76.7 Å². The zero-order valence-corrected chi connectivity index (χ0v) is 24.5. The van der Waals surface area contributed by atoms with Crippen molar-refractivity contribution < 1.29 is 42.9 Å². The molecule has 2 saturated heterocycles. The van der Waals surface area contributed by atoms with E-state index in [9.17, 15) is 19.2 Å². The number of nitrogens with one attached hydrogen (secondary N) is 3. The molecule has 0 radical (unpaired) electrons. The Morgan fingerprint density at radius 1 is 0.786 bits per heavy atom. The highest BCUT2D eigenvalue weighted by Gasteiger charge is 2.45.